The molecule has 1 aromatic carbocycles. The molecular formula is C14H22O2. The summed E-state index contributed by atoms with van der Waals surface area (Å²) in [7, 11) is 1.67. The zero-order chi connectivity index (χ0) is 12.0. The van der Waals surface area contributed by atoms with Crippen molar-refractivity contribution in [3.63, 3.8) is 0 Å². The average Bonchev–Trinajstić information content (AvgIpc) is 2.24. The molecule has 0 saturated carbocycles. The van der Waals surface area contributed by atoms with Crippen molar-refractivity contribution in [3.05, 3.63) is 24.3 Å². The summed E-state index contributed by atoms with van der Waals surface area (Å²) in [5.74, 6) is 1.77. The van der Waals surface area contributed by atoms with Crippen molar-refractivity contribution in [2.75, 3.05) is 13.7 Å². The molecule has 90 valence electrons. The van der Waals surface area contributed by atoms with Crippen LogP contribution in [0.5, 0.6) is 11.5 Å². The molecule has 0 unspecified atom stereocenters. The summed E-state index contributed by atoms with van der Waals surface area (Å²) in [6.07, 6.45) is 2.28. The molecule has 0 spiro atoms. The SMILES string of the molecule is COc1ccc(OCCCC(C)(C)C)cc1. The first-order valence-corrected chi connectivity index (χ1v) is 5.78. The van der Waals surface area contributed by atoms with Gasteiger partial charge in [-0.05, 0) is 42.5 Å². The number of methoxy groups -OCH3 is 1. The van der Waals surface area contributed by atoms with Crippen molar-refractivity contribution in [2.24, 2.45) is 5.41 Å². The molecule has 0 radical (unpaired) electrons. The second-order valence-electron chi connectivity index (χ2n) is 5.19. The Hall–Kier alpha value is -1.18. The average molecular weight is 222 g/mol. The van der Waals surface area contributed by atoms with Crippen LogP contribution in [-0.2, 0) is 0 Å². The first-order valence-electron chi connectivity index (χ1n) is 5.78. The van der Waals surface area contributed by atoms with Crippen LogP contribution >= 0.6 is 0 Å². The van der Waals surface area contributed by atoms with Gasteiger partial charge in [0.1, 0.15) is 11.5 Å². The Balaban J connectivity index is 2.27. The molecule has 0 aliphatic heterocycles. The summed E-state index contributed by atoms with van der Waals surface area (Å²) in [4.78, 5) is 0. The molecule has 0 atom stereocenters. The molecule has 2 heteroatoms. The van der Waals surface area contributed by atoms with Crippen molar-refractivity contribution < 1.29 is 9.47 Å². The third-order valence-corrected chi connectivity index (χ3v) is 2.40. The maximum Gasteiger partial charge on any atom is 0.119 e. The van der Waals surface area contributed by atoms with E-state index >= 15 is 0 Å². The van der Waals surface area contributed by atoms with Gasteiger partial charge in [0.2, 0.25) is 0 Å². The summed E-state index contributed by atoms with van der Waals surface area (Å²) in [6.45, 7) is 7.53. The lowest BCUT2D eigenvalue weighted by molar-refractivity contribution is 0.269. The van der Waals surface area contributed by atoms with Crippen LogP contribution in [0.3, 0.4) is 0 Å². The van der Waals surface area contributed by atoms with Crippen molar-refractivity contribution in [3.8, 4) is 11.5 Å². The van der Waals surface area contributed by atoms with Crippen LogP contribution in [0.25, 0.3) is 0 Å². The fourth-order valence-electron chi connectivity index (χ4n) is 1.46. The van der Waals surface area contributed by atoms with Gasteiger partial charge < -0.3 is 9.47 Å². The third kappa shape index (κ3) is 5.06. The van der Waals surface area contributed by atoms with Gasteiger partial charge in [0, 0.05) is 0 Å². The maximum atomic E-state index is 5.65. The van der Waals surface area contributed by atoms with E-state index in [0.717, 1.165) is 24.5 Å². The lowest BCUT2D eigenvalue weighted by Crippen LogP contribution is -2.07. The van der Waals surface area contributed by atoms with Gasteiger partial charge in [0.05, 0.1) is 13.7 Å². The molecule has 0 aliphatic carbocycles. The Kier molecular flexibility index (Phi) is 4.66. The van der Waals surface area contributed by atoms with E-state index < -0.39 is 0 Å². The van der Waals surface area contributed by atoms with E-state index in [1.165, 1.54) is 6.42 Å². The molecule has 1 rings (SSSR count). The Morgan fingerprint density at radius 3 is 2.06 bits per heavy atom. The van der Waals surface area contributed by atoms with Crippen molar-refractivity contribution in [1.29, 1.82) is 0 Å². The van der Waals surface area contributed by atoms with Gasteiger partial charge in [-0.2, -0.15) is 0 Å². The van der Waals surface area contributed by atoms with Crippen molar-refractivity contribution >= 4 is 0 Å². The molecule has 0 amide bonds. The van der Waals surface area contributed by atoms with Gasteiger partial charge in [0.25, 0.3) is 0 Å². The normalized spacial score (nSPS) is 11.2. The van der Waals surface area contributed by atoms with Gasteiger partial charge in [-0.15, -0.1) is 0 Å². The Bertz CT molecular complexity index is 296. The largest absolute Gasteiger partial charge is 0.497 e. The first-order chi connectivity index (χ1) is 7.51. The van der Waals surface area contributed by atoms with Crippen molar-refractivity contribution in [1.82, 2.24) is 0 Å². The molecule has 0 aliphatic rings. The van der Waals surface area contributed by atoms with E-state index in [2.05, 4.69) is 20.8 Å². The van der Waals surface area contributed by atoms with Gasteiger partial charge in [-0.3, -0.25) is 0 Å². The maximum absolute atomic E-state index is 5.65. The van der Waals surface area contributed by atoms with Crippen LogP contribution in [0.15, 0.2) is 24.3 Å². The Morgan fingerprint density at radius 1 is 1.00 bits per heavy atom. The highest BCUT2D eigenvalue weighted by Gasteiger charge is 2.09. The van der Waals surface area contributed by atoms with E-state index in [-0.39, 0.29) is 0 Å². The summed E-state index contributed by atoms with van der Waals surface area (Å²) < 4.78 is 10.7. The van der Waals surface area contributed by atoms with Crippen molar-refractivity contribution in [2.45, 2.75) is 33.6 Å². The minimum Gasteiger partial charge on any atom is -0.497 e. The van der Waals surface area contributed by atoms with E-state index in [1.807, 2.05) is 24.3 Å². The minimum atomic E-state index is 0.392. The highest BCUT2D eigenvalue weighted by Crippen LogP contribution is 2.21. The molecule has 0 aromatic heterocycles. The smallest absolute Gasteiger partial charge is 0.119 e. The predicted octanol–water partition coefficient (Wildman–Crippen LogP) is 3.90. The minimum absolute atomic E-state index is 0.392. The summed E-state index contributed by atoms with van der Waals surface area (Å²) in [5, 5.41) is 0. The zero-order valence-electron chi connectivity index (χ0n) is 10.7. The number of hydrogen-bond acceptors (Lipinski definition) is 2. The van der Waals surface area contributed by atoms with Gasteiger partial charge in [-0.1, -0.05) is 20.8 Å². The zero-order valence-corrected chi connectivity index (χ0v) is 10.7. The van der Waals surface area contributed by atoms with Gasteiger partial charge in [0.15, 0.2) is 0 Å². The van der Waals surface area contributed by atoms with Crippen LogP contribution < -0.4 is 9.47 Å². The molecular weight excluding hydrogens is 200 g/mol. The monoisotopic (exact) mass is 222 g/mol. The molecule has 0 heterocycles. The molecule has 0 N–H and O–H groups in total. The lowest BCUT2D eigenvalue weighted by Gasteiger charge is -2.17. The van der Waals surface area contributed by atoms with Crippen LogP contribution in [0, 0.1) is 5.41 Å². The van der Waals surface area contributed by atoms with E-state index in [1.54, 1.807) is 7.11 Å². The highest BCUT2D eigenvalue weighted by atomic mass is 16.5. The summed E-state index contributed by atoms with van der Waals surface area (Å²) in [6, 6.07) is 7.71. The third-order valence-electron chi connectivity index (χ3n) is 2.40. The second kappa shape index (κ2) is 5.78. The number of benzene rings is 1. The van der Waals surface area contributed by atoms with Gasteiger partial charge in [-0.25, -0.2) is 0 Å². The quantitative estimate of drug-likeness (QED) is 0.703. The molecule has 1 aromatic rings. The van der Waals surface area contributed by atoms with E-state index in [0.29, 0.717) is 5.41 Å². The Labute approximate surface area is 98.6 Å². The van der Waals surface area contributed by atoms with Crippen LogP contribution in [0.2, 0.25) is 0 Å². The number of rotatable bonds is 5. The first kappa shape index (κ1) is 12.9. The standard InChI is InChI=1S/C14H22O2/c1-14(2,3)10-5-11-16-13-8-6-12(15-4)7-9-13/h6-9H,5,10-11H2,1-4H3. The van der Waals surface area contributed by atoms with Crippen LogP contribution in [-0.4, -0.2) is 13.7 Å². The van der Waals surface area contributed by atoms with Gasteiger partial charge >= 0.3 is 0 Å². The Morgan fingerprint density at radius 2 is 1.56 bits per heavy atom. The molecule has 0 saturated heterocycles. The topological polar surface area (TPSA) is 18.5 Å². The molecule has 0 bridgehead atoms. The lowest BCUT2D eigenvalue weighted by atomic mass is 9.91. The van der Waals surface area contributed by atoms with E-state index in [9.17, 15) is 0 Å². The molecule has 0 fully saturated rings. The van der Waals surface area contributed by atoms with Crippen LogP contribution in [0.1, 0.15) is 33.6 Å². The molecule has 2 nitrogen and oxygen atoms in total. The summed E-state index contributed by atoms with van der Waals surface area (Å²) >= 11 is 0. The highest BCUT2D eigenvalue weighted by molar-refractivity contribution is 5.31. The second-order valence-corrected chi connectivity index (χ2v) is 5.19. The fourth-order valence-corrected chi connectivity index (χ4v) is 1.46. The number of hydrogen-bond donors (Lipinski definition) is 0. The fraction of sp³-hybridized carbons (Fsp3) is 0.571. The number of ether oxygens (including phenoxy) is 2. The summed E-state index contributed by atoms with van der Waals surface area (Å²) in [5.41, 5.74) is 0.392. The predicted molar refractivity (Wildman–Crippen MR) is 67.2 cm³/mol. The van der Waals surface area contributed by atoms with E-state index in [4.69, 9.17) is 9.47 Å². The molecule has 16 heavy (non-hydrogen) atoms. The van der Waals surface area contributed by atoms with Crippen LogP contribution in [0.4, 0.5) is 0 Å².